The van der Waals surface area contributed by atoms with Gasteiger partial charge in [0.15, 0.2) is 18.0 Å². The van der Waals surface area contributed by atoms with E-state index in [0.29, 0.717) is 21.5 Å². The number of aryl methyl sites for hydroxylation is 2. The van der Waals surface area contributed by atoms with Crippen molar-refractivity contribution in [1.29, 1.82) is 5.26 Å². The number of carbonyl (C=O) groups excluding carboxylic acids is 1. The van der Waals surface area contributed by atoms with Gasteiger partial charge in [0.2, 0.25) is 0 Å². The van der Waals surface area contributed by atoms with Crippen LogP contribution in [0.25, 0.3) is 10.2 Å². The predicted molar refractivity (Wildman–Crippen MR) is 105 cm³/mol. The Morgan fingerprint density at radius 2 is 1.93 bits per heavy atom. The zero-order chi connectivity index (χ0) is 20.4. The molecular formula is C20H19N3O4S. The number of rotatable bonds is 5. The number of nitriles is 1. The van der Waals surface area contributed by atoms with Gasteiger partial charge in [0.05, 0.1) is 17.0 Å². The Balaban J connectivity index is 1.72. The van der Waals surface area contributed by atoms with E-state index in [9.17, 15) is 9.59 Å². The molecule has 2 aromatic heterocycles. The average molecular weight is 397 g/mol. The smallest absolute Gasteiger partial charge is 0.347 e. The second-order valence-corrected chi connectivity index (χ2v) is 7.59. The quantitative estimate of drug-likeness (QED) is 0.660. The largest absolute Gasteiger partial charge is 0.479 e. The summed E-state index contributed by atoms with van der Waals surface area (Å²) in [6.45, 7) is 7.03. The van der Waals surface area contributed by atoms with E-state index in [4.69, 9.17) is 14.7 Å². The Morgan fingerprint density at radius 3 is 2.57 bits per heavy atom. The summed E-state index contributed by atoms with van der Waals surface area (Å²) in [4.78, 5) is 33.5. The van der Waals surface area contributed by atoms with E-state index in [-0.39, 0.29) is 11.4 Å². The van der Waals surface area contributed by atoms with Crippen LogP contribution in [-0.4, -0.2) is 22.0 Å². The van der Waals surface area contributed by atoms with Gasteiger partial charge >= 0.3 is 5.97 Å². The number of H-pyrrole nitrogens is 1. The predicted octanol–water partition coefficient (Wildman–Crippen LogP) is 3.54. The van der Waals surface area contributed by atoms with E-state index in [0.717, 1.165) is 10.4 Å². The highest BCUT2D eigenvalue weighted by Crippen LogP contribution is 2.27. The lowest BCUT2D eigenvalue weighted by molar-refractivity contribution is -0.156. The molecule has 7 nitrogen and oxygen atoms in total. The number of aromatic nitrogens is 2. The van der Waals surface area contributed by atoms with Crippen molar-refractivity contribution in [2.45, 2.75) is 39.9 Å². The van der Waals surface area contributed by atoms with E-state index < -0.39 is 18.2 Å². The van der Waals surface area contributed by atoms with Crippen LogP contribution in [0.2, 0.25) is 0 Å². The first-order valence-corrected chi connectivity index (χ1v) is 9.49. The fraction of sp³-hybridized carbons (Fsp3) is 0.300. The highest BCUT2D eigenvalue weighted by molar-refractivity contribution is 7.18. The van der Waals surface area contributed by atoms with Crippen LogP contribution in [0.3, 0.4) is 0 Å². The molecule has 8 heteroatoms. The van der Waals surface area contributed by atoms with Crippen LogP contribution in [0, 0.1) is 25.2 Å². The molecule has 0 bridgehead atoms. The number of carbonyl (C=O) groups is 1. The summed E-state index contributed by atoms with van der Waals surface area (Å²) >= 11 is 1.44. The first kappa shape index (κ1) is 19.6. The molecule has 0 unspecified atom stereocenters. The maximum absolute atomic E-state index is 12.4. The molecule has 0 amide bonds. The van der Waals surface area contributed by atoms with Crippen molar-refractivity contribution in [1.82, 2.24) is 9.97 Å². The van der Waals surface area contributed by atoms with Crippen molar-refractivity contribution < 1.29 is 14.3 Å². The fourth-order valence-electron chi connectivity index (χ4n) is 2.65. The van der Waals surface area contributed by atoms with Gasteiger partial charge in [0.1, 0.15) is 10.6 Å². The molecule has 0 saturated heterocycles. The van der Waals surface area contributed by atoms with Gasteiger partial charge in [-0.05, 0) is 57.5 Å². The summed E-state index contributed by atoms with van der Waals surface area (Å²) in [5, 5.41) is 9.38. The highest BCUT2D eigenvalue weighted by atomic mass is 32.1. The van der Waals surface area contributed by atoms with Crippen molar-refractivity contribution in [3.63, 3.8) is 0 Å². The molecule has 2 heterocycles. The summed E-state index contributed by atoms with van der Waals surface area (Å²) in [7, 11) is 0. The van der Waals surface area contributed by atoms with Crippen LogP contribution in [-0.2, 0) is 9.53 Å². The molecule has 28 heavy (non-hydrogen) atoms. The number of aromatic amines is 1. The Labute approximate surface area is 165 Å². The van der Waals surface area contributed by atoms with Gasteiger partial charge in [0, 0.05) is 4.88 Å². The van der Waals surface area contributed by atoms with Gasteiger partial charge in [-0.3, -0.25) is 4.79 Å². The molecule has 0 aliphatic rings. The zero-order valence-corrected chi connectivity index (χ0v) is 16.7. The number of benzene rings is 1. The molecule has 2 atom stereocenters. The lowest BCUT2D eigenvalue weighted by atomic mass is 10.2. The first-order chi connectivity index (χ1) is 13.3. The maximum atomic E-state index is 12.4. The van der Waals surface area contributed by atoms with Crippen LogP contribution in [0.1, 0.15) is 41.8 Å². The average Bonchev–Trinajstić information content (AvgIpc) is 2.96. The number of nitrogens with zero attached hydrogens (tertiary/aromatic N) is 2. The Hall–Kier alpha value is -3.18. The Morgan fingerprint density at radius 1 is 1.25 bits per heavy atom. The van der Waals surface area contributed by atoms with Crippen molar-refractivity contribution >= 4 is 27.5 Å². The molecule has 0 spiro atoms. The molecule has 3 aromatic rings. The van der Waals surface area contributed by atoms with Crippen LogP contribution in [0.4, 0.5) is 0 Å². The van der Waals surface area contributed by atoms with E-state index in [1.807, 2.05) is 19.9 Å². The second kappa shape index (κ2) is 7.82. The fourth-order valence-corrected chi connectivity index (χ4v) is 3.69. The first-order valence-electron chi connectivity index (χ1n) is 8.67. The van der Waals surface area contributed by atoms with Crippen molar-refractivity contribution in [3.05, 3.63) is 56.4 Å². The molecule has 0 fully saturated rings. The van der Waals surface area contributed by atoms with E-state index in [1.165, 1.54) is 11.3 Å². The number of nitrogens with one attached hydrogen (secondary N) is 1. The monoisotopic (exact) mass is 397 g/mol. The van der Waals surface area contributed by atoms with Gasteiger partial charge in [-0.25, -0.2) is 9.78 Å². The molecule has 0 saturated carbocycles. The SMILES string of the molecule is Cc1sc2nc([C@H](C)OC(=O)[C@@H](C)Oc3ccc(C#N)cc3)[nH]c(=O)c2c1C. The number of hydrogen-bond donors (Lipinski definition) is 1. The normalized spacial score (nSPS) is 13.0. The molecular weight excluding hydrogens is 378 g/mol. The molecule has 1 aromatic carbocycles. The summed E-state index contributed by atoms with van der Waals surface area (Å²) < 4.78 is 11.0. The third-order valence-corrected chi connectivity index (χ3v) is 5.46. The number of fused-ring (bicyclic) bond motifs is 1. The summed E-state index contributed by atoms with van der Waals surface area (Å²) in [6, 6.07) is 8.44. The van der Waals surface area contributed by atoms with Crippen molar-refractivity contribution in [2.24, 2.45) is 0 Å². The van der Waals surface area contributed by atoms with Gasteiger partial charge in [0.25, 0.3) is 5.56 Å². The minimum absolute atomic E-state index is 0.244. The Kier molecular flexibility index (Phi) is 5.47. The van der Waals surface area contributed by atoms with Gasteiger partial charge in [-0.15, -0.1) is 11.3 Å². The molecule has 1 N–H and O–H groups in total. The third kappa shape index (κ3) is 3.89. The minimum Gasteiger partial charge on any atom is -0.479 e. The summed E-state index contributed by atoms with van der Waals surface area (Å²) in [5.74, 6) is 0.157. The topological polar surface area (TPSA) is 105 Å². The summed E-state index contributed by atoms with van der Waals surface area (Å²) in [6.07, 6.45) is -1.60. The number of ether oxygens (including phenoxy) is 2. The lowest BCUT2D eigenvalue weighted by Gasteiger charge is -2.17. The number of hydrogen-bond acceptors (Lipinski definition) is 7. The molecule has 0 aliphatic heterocycles. The van der Waals surface area contributed by atoms with E-state index in [2.05, 4.69) is 9.97 Å². The molecule has 3 rings (SSSR count). The van der Waals surface area contributed by atoms with Crippen LogP contribution < -0.4 is 10.3 Å². The zero-order valence-electron chi connectivity index (χ0n) is 15.9. The third-order valence-electron chi connectivity index (χ3n) is 4.36. The summed E-state index contributed by atoms with van der Waals surface area (Å²) in [5.41, 5.74) is 1.17. The van der Waals surface area contributed by atoms with Gasteiger partial charge < -0.3 is 14.5 Å². The van der Waals surface area contributed by atoms with Crippen LogP contribution in [0.15, 0.2) is 29.1 Å². The highest BCUT2D eigenvalue weighted by Gasteiger charge is 2.22. The number of esters is 1. The second-order valence-electron chi connectivity index (χ2n) is 6.39. The molecule has 0 radical (unpaired) electrons. The maximum Gasteiger partial charge on any atom is 0.347 e. The van der Waals surface area contributed by atoms with Crippen LogP contribution in [0.5, 0.6) is 5.75 Å². The van der Waals surface area contributed by atoms with E-state index >= 15 is 0 Å². The van der Waals surface area contributed by atoms with Gasteiger partial charge in [-0.2, -0.15) is 5.26 Å². The van der Waals surface area contributed by atoms with Gasteiger partial charge in [-0.1, -0.05) is 0 Å². The Bertz CT molecular complexity index is 1130. The van der Waals surface area contributed by atoms with Crippen LogP contribution >= 0.6 is 11.3 Å². The lowest BCUT2D eigenvalue weighted by Crippen LogP contribution is -2.28. The molecule has 0 aliphatic carbocycles. The minimum atomic E-state index is -0.864. The standard InChI is InChI=1S/C20H19N3O4S/c1-10-13(4)28-19-16(10)18(24)22-17(23-19)11(2)27-20(25)12(3)26-15-7-5-14(9-21)6-8-15/h5-8,11-12H,1-4H3,(H,22,23,24)/t11-,12+/m0/s1. The number of thiophene rings is 1. The van der Waals surface area contributed by atoms with Crippen molar-refractivity contribution in [2.75, 3.05) is 0 Å². The molecule has 144 valence electrons. The van der Waals surface area contributed by atoms with E-state index in [1.54, 1.807) is 38.1 Å². The van der Waals surface area contributed by atoms with Crippen molar-refractivity contribution in [3.8, 4) is 11.8 Å².